The molecular formula is C15H30N2S4. The summed E-state index contributed by atoms with van der Waals surface area (Å²) >= 11 is 14.6. The molecular weight excluding hydrogens is 336 g/mol. The van der Waals surface area contributed by atoms with Crippen molar-refractivity contribution in [1.29, 1.82) is 0 Å². The third kappa shape index (κ3) is 9.97. The van der Waals surface area contributed by atoms with Gasteiger partial charge in [-0.25, -0.2) is 0 Å². The van der Waals surface area contributed by atoms with Gasteiger partial charge in [-0.3, -0.25) is 0 Å². The van der Waals surface area contributed by atoms with E-state index in [4.69, 9.17) is 24.4 Å². The van der Waals surface area contributed by atoms with E-state index in [1.54, 1.807) is 23.5 Å². The summed E-state index contributed by atoms with van der Waals surface area (Å²) in [6.07, 6.45) is 4.58. The summed E-state index contributed by atoms with van der Waals surface area (Å²) in [4.78, 5) is 4.64. The van der Waals surface area contributed by atoms with Crippen molar-refractivity contribution in [2.75, 3.05) is 31.3 Å². The molecule has 0 saturated carbocycles. The molecule has 0 saturated heterocycles. The molecule has 6 heteroatoms. The maximum Gasteiger partial charge on any atom is 0.137 e. The highest BCUT2D eigenvalue weighted by molar-refractivity contribution is 8.35. The van der Waals surface area contributed by atoms with Gasteiger partial charge < -0.3 is 9.80 Å². The second-order valence-electron chi connectivity index (χ2n) is 4.91. The third-order valence-electron chi connectivity index (χ3n) is 2.86. The van der Waals surface area contributed by atoms with Gasteiger partial charge in [0.2, 0.25) is 0 Å². The van der Waals surface area contributed by atoms with E-state index in [2.05, 4.69) is 37.5 Å². The maximum atomic E-state index is 5.55. The summed E-state index contributed by atoms with van der Waals surface area (Å²) in [6, 6.07) is 0. The van der Waals surface area contributed by atoms with E-state index in [0.717, 1.165) is 65.6 Å². The Labute approximate surface area is 150 Å². The Bertz CT molecular complexity index is 257. The predicted molar refractivity (Wildman–Crippen MR) is 110 cm³/mol. The zero-order valence-corrected chi connectivity index (χ0v) is 17.2. The minimum atomic E-state index is 0.922. The van der Waals surface area contributed by atoms with Crippen molar-refractivity contribution < 1.29 is 0 Å². The second kappa shape index (κ2) is 14.1. The summed E-state index contributed by atoms with van der Waals surface area (Å²) in [5, 5.41) is 0.922. The molecule has 0 aromatic heterocycles. The molecule has 0 radical (unpaired) electrons. The van der Waals surface area contributed by atoms with Crippen molar-refractivity contribution in [3.05, 3.63) is 0 Å². The van der Waals surface area contributed by atoms with Crippen LogP contribution in [0.5, 0.6) is 0 Å². The van der Waals surface area contributed by atoms with Crippen LogP contribution in [0.3, 0.4) is 0 Å². The first-order valence-electron chi connectivity index (χ1n) is 7.93. The predicted octanol–water partition coefficient (Wildman–Crippen LogP) is 5.22. The first-order chi connectivity index (χ1) is 10.1. The average molecular weight is 367 g/mol. The lowest BCUT2D eigenvalue weighted by Crippen LogP contribution is -2.30. The second-order valence-corrected chi connectivity index (χ2v) is 8.50. The van der Waals surface area contributed by atoms with Crippen LogP contribution in [0.25, 0.3) is 0 Å². The Morgan fingerprint density at radius 3 is 1.19 bits per heavy atom. The number of rotatable bonds is 10. The van der Waals surface area contributed by atoms with Gasteiger partial charge in [0.15, 0.2) is 0 Å². The quantitative estimate of drug-likeness (QED) is 0.383. The monoisotopic (exact) mass is 366 g/mol. The number of nitrogens with zero attached hydrogens (tertiary/aromatic N) is 2. The van der Waals surface area contributed by atoms with E-state index in [0.29, 0.717) is 0 Å². The Balaban J connectivity index is 4.14. The van der Waals surface area contributed by atoms with Crippen LogP contribution >= 0.6 is 48.0 Å². The molecule has 0 heterocycles. The van der Waals surface area contributed by atoms with E-state index in [1.165, 1.54) is 0 Å². The van der Waals surface area contributed by atoms with Gasteiger partial charge in [-0.1, -0.05) is 75.7 Å². The summed E-state index contributed by atoms with van der Waals surface area (Å²) in [5.41, 5.74) is 0. The molecule has 0 atom stereocenters. The van der Waals surface area contributed by atoms with Crippen LogP contribution < -0.4 is 0 Å². The molecule has 0 aromatic carbocycles. The summed E-state index contributed by atoms with van der Waals surface area (Å²) in [6.45, 7) is 13.1. The van der Waals surface area contributed by atoms with Gasteiger partial charge in [0.25, 0.3) is 0 Å². The molecule has 0 aliphatic heterocycles. The number of thioether (sulfide) groups is 2. The van der Waals surface area contributed by atoms with E-state index in [9.17, 15) is 0 Å². The summed E-state index contributed by atoms with van der Waals surface area (Å²) in [7, 11) is 0. The normalized spacial score (nSPS) is 10.5. The molecule has 124 valence electrons. The van der Waals surface area contributed by atoms with Crippen molar-refractivity contribution in [1.82, 2.24) is 9.80 Å². The number of hydrogen-bond acceptors (Lipinski definition) is 4. The molecule has 0 spiro atoms. The van der Waals surface area contributed by atoms with Crippen molar-refractivity contribution in [3.63, 3.8) is 0 Å². The molecule has 2 nitrogen and oxygen atoms in total. The minimum Gasteiger partial charge on any atom is -0.358 e. The lowest BCUT2D eigenvalue weighted by molar-refractivity contribution is 0.430. The van der Waals surface area contributed by atoms with Crippen molar-refractivity contribution in [2.45, 2.75) is 53.4 Å². The Morgan fingerprint density at radius 1 is 0.667 bits per heavy atom. The standard InChI is InChI=1S/C15H30N2S4/c1-5-9-16(10-6-2)14(18)20-13-21-15(19)17(11-7-3)12-8-4/h5-13H2,1-4H3. The molecule has 0 unspecified atom stereocenters. The Kier molecular flexibility index (Phi) is 14.4. The molecule has 0 amide bonds. The highest BCUT2D eigenvalue weighted by atomic mass is 32.2. The summed E-state index contributed by atoms with van der Waals surface area (Å²) < 4.78 is 2.04. The van der Waals surface area contributed by atoms with Crippen LogP contribution in [-0.4, -0.2) is 49.7 Å². The van der Waals surface area contributed by atoms with E-state index < -0.39 is 0 Å². The van der Waals surface area contributed by atoms with Crippen molar-refractivity contribution >= 4 is 56.6 Å². The Morgan fingerprint density at radius 2 is 0.952 bits per heavy atom. The fourth-order valence-electron chi connectivity index (χ4n) is 1.98. The Hall–Kier alpha value is 0.480. The van der Waals surface area contributed by atoms with Crippen LogP contribution in [0.1, 0.15) is 53.4 Å². The van der Waals surface area contributed by atoms with Gasteiger partial charge in [0.05, 0.1) is 5.08 Å². The lowest BCUT2D eigenvalue weighted by atomic mass is 10.4. The highest BCUT2D eigenvalue weighted by Gasteiger charge is 2.11. The van der Waals surface area contributed by atoms with E-state index in [1.807, 2.05) is 0 Å². The SMILES string of the molecule is CCCN(CCC)C(=S)SCSC(=S)N(CCC)CCC. The van der Waals surface area contributed by atoms with E-state index in [-0.39, 0.29) is 0 Å². The maximum absolute atomic E-state index is 5.55. The first-order valence-corrected chi connectivity index (χ1v) is 10.7. The largest absolute Gasteiger partial charge is 0.358 e. The zero-order valence-electron chi connectivity index (χ0n) is 13.9. The van der Waals surface area contributed by atoms with Gasteiger partial charge in [-0.15, -0.1) is 0 Å². The van der Waals surface area contributed by atoms with Crippen LogP contribution in [-0.2, 0) is 0 Å². The molecule has 0 aliphatic rings. The molecule has 0 N–H and O–H groups in total. The molecule has 0 bridgehead atoms. The van der Waals surface area contributed by atoms with Gasteiger partial charge in [-0.05, 0) is 25.7 Å². The molecule has 0 fully saturated rings. The van der Waals surface area contributed by atoms with Gasteiger partial charge in [-0.2, -0.15) is 0 Å². The van der Waals surface area contributed by atoms with Gasteiger partial charge in [0.1, 0.15) is 8.64 Å². The first kappa shape index (κ1) is 21.5. The van der Waals surface area contributed by atoms with Crippen LogP contribution in [0.4, 0.5) is 0 Å². The topological polar surface area (TPSA) is 6.48 Å². The van der Waals surface area contributed by atoms with Gasteiger partial charge in [0, 0.05) is 26.2 Å². The molecule has 21 heavy (non-hydrogen) atoms. The van der Waals surface area contributed by atoms with Crippen LogP contribution in [0, 0.1) is 0 Å². The minimum absolute atomic E-state index is 0.922. The summed E-state index contributed by atoms with van der Waals surface area (Å²) in [5.74, 6) is 0. The fourth-order valence-corrected chi connectivity index (χ4v) is 4.98. The number of hydrogen-bond donors (Lipinski definition) is 0. The van der Waals surface area contributed by atoms with Crippen molar-refractivity contribution in [3.8, 4) is 0 Å². The smallest absolute Gasteiger partial charge is 0.137 e. The molecule has 0 aliphatic carbocycles. The third-order valence-corrected chi connectivity index (χ3v) is 6.03. The fraction of sp³-hybridized carbons (Fsp3) is 0.867. The van der Waals surface area contributed by atoms with Gasteiger partial charge >= 0.3 is 0 Å². The zero-order chi connectivity index (χ0) is 16.1. The van der Waals surface area contributed by atoms with Crippen LogP contribution in [0.15, 0.2) is 0 Å². The molecule has 0 rings (SSSR count). The lowest BCUT2D eigenvalue weighted by Gasteiger charge is -2.25. The molecule has 0 aromatic rings. The highest BCUT2D eigenvalue weighted by Crippen LogP contribution is 2.20. The van der Waals surface area contributed by atoms with Crippen molar-refractivity contribution in [2.24, 2.45) is 0 Å². The van der Waals surface area contributed by atoms with Crippen LogP contribution in [0.2, 0.25) is 0 Å². The van der Waals surface area contributed by atoms with E-state index >= 15 is 0 Å². The average Bonchev–Trinajstić information content (AvgIpc) is 2.46. The number of thiocarbonyl (C=S) groups is 2.